The van der Waals surface area contributed by atoms with Gasteiger partial charge in [0.2, 0.25) is 0 Å². The molecule has 3 rings (SSSR count). The van der Waals surface area contributed by atoms with Crippen molar-refractivity contribution < 1.29 is 19.4 Å². The molecule has 0 fully saturated rings. The van der Waals surface area contributed by atoms with Crippen molar-refractivity contribution in [1.82, 2.24) is 0 Å². The molecule has 27 heavy (non-hydrogen) atoms. The Hall–Kier alpha value is -3.85. The van der Waals surface area contributed by atoms with Crippen LogP contribution < -0.4 is 5.32 Å². The van der Waals surface area contributed by atoms with E-state index >= 15 is 0 Å². The molecule has 0 spiro atoms. The summed E-state index contributed by atoms with van der Waals surface area (Å²) in [4.78, 5) is 24.1. The minimum Gasteiger partial charge on any atom is -0.506 e. The first kappa shape index (κ1) is 18.0. The number of nitriles is 1. The van der Waals surface area contributed by atoms with Gasteiger partial charge in [0, 0.05) is 11.1 Å². The van der Waals surface area contributed by atoms with Gasteiger partial charge in [-0.05, 0) is 29.1 Å². The molecule has 0 atom stereocenters. The molecule has 0 aliphatic carbocycles. The second kappa shape index (κ2) is 8.02. The lowest BCUT2D eigenvalue weighted by molar-refractivity contribution is -0.119. The number of carbonyl (C=O) groups is 2. The van der Waals surface area contributed by atoms with Gasteiger partial charge in [-0.1, -0.05) is 42.5 Å². The molecule has 6 nitrogen and oxygen atoms in total. The summed E-state index contributed by atoms with van der Waals surface area (Å²) >= 11 is 0. The second-order valence-electron chi connectivity index (χ2n) is 5.84. The van der Waals surface area contributed by atoms with Crippen LogP contribution >= 0.6 is 0 Å². The third-order valence-corrected chi connectivity index (χ3v) is 3.98. The smallest absolute Gasteiger partial charge is 0.342 e. The van der Waals surface area contributed by atoms with Crippen LogP contribution in [-0.2, 0) is 16.0 Å². The molecule has 0 aliphatic rings. The molecule has 0 aromatic heterocycles. The summed E-state index contributed by atoms with van der Waals surface area (Å²) in [5.74, 6) is -1.46. The minimum absolute atomic E-state index is 0.00218. The van der Waals surface area contributed by atoms with Crippen LogP contribution in [0.25, 0.3) is 10.8 Å². The Balaban J connectivity index is 1.61. The van der Waals surface area contributed by atoms with Gasteiger partial charge in [-0.3, -0.25) is 4.79 Å². The van der Waals surface area contributed by atoms with Crippen molar-refractivity contribution >= 4 is 28.3 Å². The average molecular weight is 360 g/mol. The number of hydrogen-bond donors (Lipinski definition) is 2. The zero-order valence-electron chi connectivity index (χ0n) is 14.3. The molecule has 0 saturated heterocycles. The molecule has 0 saturated carbocycles. The van der Waals surface area contributed by atoms with Crippen molar-refractivity contribution in [2.24, 2.45) is 0 Å². The number of aromatic hydroxyl groups is 1. The Kier molecular flexibility index (Phi) is 5.33. The highest BCUT2D eigenvalue weighted by atomic mass is 16.5. The van der Waals surface area contributed by atoms with Crippen molar-refractivity contribution in [3.8, 4) is 11.8 Å². The zero-order chi connectivity index (χ0) is 19.2. The number of benzene rings is 3. The minimum atomic E-state index is -0.780. The van der Waals surface area contributed by atoms with Crippen LogP contribution in [0.15, 0.2) is 60.7 Å². The van der Waals surface area contributed by atoms with Crippen LogP contribution in [0.2, 0.25) is 0 Å². The first-order chi connectivity index (χ1) is 13.1. The van der Waals surface area contributed by atoms with E-state index < -0.39 is 18.5 Å². The highest BCUT2D eigenvalue weighted by Gasteiger charge is 2.16. The van der Waals surface area contributed by atoms with Gasteiger partial charge in [0.15, 0.2) is 6.61 Å². The van der Waals surface area contributed by atoms with E-state index in [0.717, 1.165) is 10.9 Å². The number of nitrogens with one attached hydrogen (secondary N) is 1. The van der Waals surface area contributed by atoms with Gasteiger partial charge in [-0.25, -0.2) is 4.79 Å². The van der Waals surface area contributed by atoms with Crippen LogP contribution in [-0.4, -0.2) is 23.6 Å². The number of esters is 1. The summed E-state index contributed by atoms with van der Waals surface area (Å²) < 4.78 is 5.00. The predicted octanol–water partition coefficient (Wildman–Crippen LogP) is 3.41. The average Bonchev–Trinajstić information content (AvgIpc) is 2.68. The summed E-state index contributed by atoms with van der Waals surface area (Å²) in [6, 6.07) is 19.1. The number of anilines is 1. The summed E-state index contributed by atoms with van der Waals surface area (Å²) in [5, 5.41) is 22.8. The maximum absolute atomic E-state index is 12.2. The van der Waals surface area contributed by atoms with E-state index in [2.05, 4.69) is 5.32 Å². The summed E-state index contributed by atoms with van der Waals surface area (Å²) in [7, 11) is 0. The van der Waals surface area contributed by atoms with Gasteiger partial charge in [-0.15, -0.1) is 0 Å². The molecule has 6 heteroatoms. The van der Waals surface area contributed by atoms with E-state index in [0.29, 0.717) is 17.5 Å². The monoisotopic (exact) mass is 360 g/mol. The molecular formula is C21H16N2O4. The van der Waals surface area contributed by atoms with E-state index in [1.807, 2.05) is 18.2 Å². The molecule has 3 aromatic carbocycles. The SMILES string of the molecule is N#CCc1ccc(NC(=O)COC(=O)c2ccc3ccccc3c2O)cc1. The molecule has 0 heterocycles. The lowest BCUT2D eigenvalue weighted by Crippen LogP contribution is -2.21. The van der Waals surface area contributed by atoms with Gasteiger partial charge in [0.25, 0.3) is 5.91 Å². The molecule has 3 aromatic rings. The Labute approximate surface area is 155 Å². The van der Waals surface area contributed by atoms with Crippen molar-refractivity contribution in [3.05, 3.63) is 71.8 Å². The lowest BCUT2D eigenvalue weighted by atomic mass is 10.1. The fraction of sp³-hybridized carbons (Fsp3) is 0.0952. The quantitative estimate of drug-likeness (QED) is 0.679. The van der Waals surface area contributed by atoms with Crippen LogP contribution in [0.3, 0.4) is 0 Å². The van der Waals surface area contributed by atoms with E-state index in [1.54, 1.807) is 42.5 Å². The van der Waals surface area contributed by atoms with Gasteiger partial charge < -0.3 is 15.2 Å². The Morgan fingerprint density at radius 1 is 1.04 bits per heavy atom. The third-order valence-electron chi connectivity index (χ3n) is 3.98. The summed E-state index contributed by atoms with van der Waals surface area (Å²) in [6.07, 6.45) is 0.293. The van der Waals surface area contributed by atoms with E-state index in [4.69, 9.17) is 10.00 Å². The Morgan fingerprint density at radius 3 is 2.52 bits per heavy atom. The van der Waals surface area contributed by atoms with Crippen molar-refractivity contribution in [1.29, 1.82) is 5.26 Å². The summed E-state index contributed by atoms with van der Waals surface area (Å²) in [6.45, 7) is -0.481. The Morgan fingerprint density at radius 2 is 1.78 bits per heavy atom. The van der Waals surface area contributed by atoms with Crippen LogP contribution in [0, 0.1) is 11.3 Å². The van der Waals surface area contributed by atoms with E-state index in [-0.39, 0.29) is 11.3 Å². The van der Waals surface area contributed by atoms with Crippen LogP contribution in [0.4, 0.5) is 5.69 Å². The van der Waals surface area contributed by atoms with E-state index in [1.165, 1.54) is 6.07 Å². The number of carbonyl (C=O) groups excluding carboxylic acids is 2. The number of amides is 1. The van der Waals surface area contributed by atoms with Gasteiger partial charge in [-0.2, -0.15) is 5.26 Å². The largest absolute Gasteiger partial charge is 0.506 e. The number of fused-ring (bicyclic) bond motifs is 1. The first-order valence-electron chi connectivity index (χ1n) is 8.22. The van der Waals surface area contributed by atoms with Crippen LogP contribution in [0.1, 0.15) is 15.9 Å². The highest BCUT2D eigenvalue weighted by Crippen LogP contribution is 2.28. The normalized spacial score (nSPS) is 10.2. The number of ether oxygens (including phenoxy) is 1. The molecule has 0 unspecified atom stereocenters. The standard InChI is InChI=1S/C21H16N2O4/c22-12-11-14-5-8-16(9-6-14)23-19(24)13-27-21(26)18-10-7-15-3-1-2-4-17(15)20(18)25/h1-10,25H,11,13H2,(H,23,24). The number of rotatable bonds is 5. The van der Waals surface area contributed by atoms with Gasteiger partial charge >= 0.3 is 5.97 Å². The molecular weight excluding hydrogens is 344 g/mol. The fourth-order valence-corrected chi connectivity index (χ4v) is 2.62. The molecule has 0 radical (unpaired) electrons. The highest BCUT2D eigenvalue weighted by molar-refractivity contribution is 6.02. The summed E-state index contributed by atoms with van der Waals surface area (Å²) in [5.41, 5.74) is 1.38. The van der Waals surface area contributed by atoms with Crippen molar-refractivity contribution in [2.45, 2.75) is 6.42 Å². The fourth-order valence-electron chi connectivity index (χ4n) is 2.62. The maximum atomic E-state index is 12.2. The maximum Gasteiger partial charge on any atom is 0.342 e. The third kappa shape index (κ3) is 4.22. The topological polar surface area (TPSA) is 99.4 Å². The predicted molar refractivity (Wildman–Crippen MR) is 100 cm³/mol. The Bertz CT molecular complexity index is 1040. The van der Waals surface area contributed by atoms with E-state index in [9.17, 15) is 14.7 Å². The number of hydrogen-bond acceptors (Lipinski definition) is 5. The van der Waals surface area contributed by atoms with Crippen LogP contribution in [0.5, 0.6) is 5.75 Å². The van der Waals surface area contributed by atoms with Gasteiger partial charge in [0.1, 0.15) is 11.3 Å². The number of phenols is 1. The number of nitrogens with zero attached hydrogens (tertiary/aromatic N) is 1. The molecule has 0 bridgehead atoms. The molecule has 1 amide bonds. The zero-order valence-corrected chi connectivity index (χ0v) is 14.3. The molecule has 2 N–H and O–H groups in total. The second-order valence-corrected chi connectivity index (χ2v) is 5.84. The molecule has 0 aliphatic heterocycles. The molecule has 134 valence electrons. The van der Waals surface area contributed by atoms with Gasteiger partial charge in [0.05, 0.1) is 12.5 Å². The van der Waals surface area contributed by atoms with Crippen molar-refractivity contribution in [3.63, 3.8) is 0 Å². The first-order valence-corrected chi connectivity index (χ1v) is 8.22. The number of phenolic OH excluding ortho intramolecular Hbond substituents is 1. The lowest BCUT2D eigenvalue weighted by Gasteiger charge is -2.09. The van der Waals surface area contributed by atoms with Crippen molar-refractivity contribution in [2.75, 3.05) is 11.9 Å².